The fourth-order valence-corrected chi connectivity index (χ4v) is 10.7. The van der Waals surface area contributed by atoms with Gasteiger partial charge in [0, 0.05) is 6.42 Å². The number of carbonyl (C=O) groups is 2. The molecule has 1 saturated heterocycles. The number of amides is 1. The second kappa shape index (κ2) is 61.1. The summed E-state index contributed by atoms with van der Waals surface area (Å²) in [6.45, 7) is 5.69. The quantitative estimate of drug-likeness (QED) is 0.0195. The van der Waals surface area contributed by atoms with E-state index in [0.29, 0.717) is 12.8 Å². The van der Waals surface area contributed by atoms with E-state index in [9.17, 15) is 35.1 Å². The molecule has 11 heteroatoms. The van der Waals surface area contributed by atoms with Gasteiger partial charge in [-0.15, -0.1) is 0 Å². The van der Waals surface area contributed by atoms with Gasteiger partial charge in [-0.05, 0) is 96.3 Å². The maximum atomic E-state index is 13.5. The summed E-state index contributed by atoms with van der Waals surface area (Å²) < 4.78 is 17.7. The Bertz CT molecular complexity index is 1710. The molecule has 85 heavy (non-hydrogen) atoms. The van der Waals surface area contributed by atoms with Crippen molar-refractivity contribution in [1.29, 1.82) is 0 Å². The Morgan fingerprint density at radius 1 is 0.471 bits per heavy atom. The second-order valence-corrected chi connectivity index (χ2v) is 24.2. The van der Waals surface area contributed by atoms with E-state index in [1.54, 1.807) is 6.08 Å². The van der Waals surface area contributed by atoms with Gasteiger partial charge in [-0.2, -0.15) is 0 Å². The summed E-state index contributed by atoms with van der Waals surface area (Å²) in [5.74, 6) is -1.20. The highest BCUT2D eigenvalue weighted by atomic mass is 16.7. The number of rotatable bonds is 60. The first-order chi connectivity index (χ1) is 41.7. The molecule has 6 N–H and O–H groups in total. The van der Waals surface area contributed by atoms with E-state index in [2.05, 4.69) is 99.0 Å². The number of allylic oxidation sites excluding steroid dienone is 13. The highest BCUT2D eigenvalue weighted by molar-refractivity contribution is 5.80. The monoisotopic (exact) mass is 1190 g/mol. The summed E-state index contributed by atoms with van der Waals surface area (Å²) in [5.41, 5.74) is 0. The zero-order chi connectivity index (χ0) is 61.7. The molecule has 0 aromatic carbocycles. The Morgan fingerprint density at radius 2 is 0.847 bits per heavy atom. The summed E-state index contributed by atoms with van der Waals surface area (Å²) in [5, 5.41) is 57.2. The predicted octanol–water partition coefficient (Wildman–Crippen LogP) is 18.1. The first-order valence-corrected chi connectivity index (χ1v) is 35.4. The first kappa shape index (κ1) is 79.9. The molecule has 1 aliphatic rings. The van der Waals surface area contributed by atoms with Crippen LogP contribution in [-0.2, 0) is 23.8 Å². The van der Waals surface area contributed by atoms with E-state index in [4.69, 9.17) is 14.2 Å². The molecule has 0 aliphatic carbocycles. The molecular formula is C74H131NO10. The molecule has 0 aromatic heterocycles. The van der Waals surface area contributed by atoms with Crippen LogP contribution in [0.15, 0.2) is 85.1 Å². The van der Waals surface area contributed by atoms with Gasteiger partial charge >= 0.3 is 5.97 Å². The fraction of sp³-hybridized carbons (Fsp3) is 0.784. The maximum Gasteiger partial charge on any atom is 0.306 e. The molecule has 0 radical (unpaired) electrons. The van der Waals surface area contributed by atoms with E-state index in [-0.39, 0.29) is 19.4 Å². The average molecular weight is 1190 g/mol. The third-order valence-corrected chi connectivity index (χ3v) is 16.3. The van der Waals surface area contributed by atoms with Crippen LogP contribution in [0.5, 0.6) is 0 Å². The van der Waals surface area contributed by atoms with Crippen LogP contribution in [0.2, 0.25) is 0 Å². The summed E-state index contributed by atoms with van der Waals surface area (Å²) in [6.07, 6.45) is 70.5. The van der Waals surface area contributed by atoms with Crippen molar-refractivity contribution in [2.75, 3.05) is 13.2 Å². The summed E-state index contributed by atoms with van der Waals surface area (Å²) in [6, 6.07) is -1.03. The summed E-state index contributed by atoms with van der Waals surface area (Å²) in [7, 11) is 0. The van der Waals surface area contributed by atoms with Gasteiger partial charge in [0.2, 0.25) is 5.91 Å². The molecule has 8 atom stereocenters. The standard InChI is InChI=1S/C74H131NO10/c1-4-7-10-13-16-19-22-24-26-28-30-32-34-36-38-40-42-44-47-50-53-56-59-62-69(79)85-72-71(81)70(80)68(63-76)84-74(72)83-64-65(66(77)60-57-54-51-48-45-21-18-15-12-9-6-3)75-73(82)67(78)61-58-55-52-49-46-43-41-39-37-35-33-31-29-27-25-23-20-17-14-11-8-5-2/h7,10,16,19,24-27,30,32,36,38,57,60,65-68,70-72,74,76-78,80-81H,4-6,8-9,11-15,17-18,20-23,28-29,31,33-35,37,39-56,58-59,61-64H2,1-3H3,(H,75,82)/b10-7-,19-16-,26-24-,27-25+,32-30-,38-36-,60-57+. The number of carbonyl (C=O) groups excluding carboxylic acids is 2. The SMILES string of the molecule is CC/C=C\C/C=C\C/C=C\C/C=C\C/C=C\CCCCCCCCCC(=O)OC1C(OCC(NC(=O)C(O)CCCCCCCCCCCCCC/C=C/CCCCCCCC)C(O)/C=C/CCCCCCCCCCC)OC(CO)C(O)C1O. The van der Waals surface area contributed by atoms with Crippen LogP contribution in [0.4, 0.5) is 0 Å². The van der Waals surface area contributed by atoms with Crippen molar-refractivity contribution < 1.29 is 49.3 Å². The molecule has 0 aromatic rings. The van der Waals surface area contributed by atoms with Crippen molar-refractivity contribution in [1.82, 2.24) is 5.32 Å². The molecule has 1 fully saturated rings. The molecule has 1 rings (SSSR count). The number of ether oxygens (including phenoxy) is 3. The number of aliphatic hydroxyl groups excluding tert-OH is 5. The molecule has 0 saturated carbocycles. The zero-order valence-electron chi connectivity index (χ0n) is 54.7. The van der Waals surface area contributed by atoms with Crippen LogP contribution in [0.3, 0.4) is 0 Å². The molecule has 1 amide bonds. The number of hydrogen-bond acceptors (Lipinski definition) is 10. The van der Waals surface area contributed by atoms with Crippen LogP contribution in [0, 0.1) is 0 Å². The Kier molecular flexibility index (Phi) is 57.4. The maximum absolute atomic E-state index is 13.5. The van der Waals surface area contributed by atoms with E-state index >= 15 is 0 Å². The minimum atomic E-state index is -1.62. The van der Waals surface area contributed by atoms with Gasteiger partial charge in [-0.25, -0.2) is 0 Å². The molecule has 1 heterocycles. The molecule has 492 valence electrons. The van der Waals surface area contributed by atoms with Gasteiger partial charge in [0.05, 0.1) is 25.4 Å². The smallest absolute Gasteiger partial charge is 0.306 e. The number of esters is 1. The molecule has 8 unspecified atom stereocenters. The van der Waals surface area contributed by atoms with Crippen molar-refractivity contribution in [3.8, 4) is 0 Å². The second-order valence-electron chi connectivity index (χ2n) is 24.2. The van der Waals surface area contributed by atoms with Gasteiger partial charge in [0.25, 0.3) is 0 Å². The predicted molar refractivity (Wildman–Crippen MR) is 356 cm³/mol. The van der Waals surface area contributed by atoms with Gasteiger partial charge in [-0.1, -0.05) is 292 Å². The van der Waals surface area contributed by atoms with E-state index in [1.165, 1.54) is 148 Å². The molecule has 1 aliphatic heterocycles. The minimum Gasteiger partial charge on any atom is -0.454 e. The van der Waals surface area contributed by atoms with E-state index < -0.39 is 67.4 Å². The largest absolute Gasteiger partial charge is 0.454 e. The summed E-state index contributed by atoms with van der Waals surface area (Å²) >= 11 is 0. The van der Waals surface area contributed by atoms with Crippen molar-refractivity contribution in [2.45, 2.75) is 359 Å². The van der Waals surface area contributed by atoms with Gasteiger partial charge in [-0.3, -0.25) is 9.59 Å². The van der Waals surface area contributed by atoms with E-state index in [0.717, 1.165) is 116 Å². The van der Waals surface area contributed by atoms with Crippen molar-refractivity contribution in [2.24, 2.45) is 0 Å². The fourth-order valence-electron chi connectivity index (χ4n) is 10.7. The lowest BCUT2D eigenvalue weighted by molar-refractivity contribution is -0.305. The lowest BCUT2D eigenvalue weighted by Gasteiger charge is -2.41. The van der Waals surface area contributed by atoms with Crippen molar-refractivity contribution >= 4 is 11.9 Å². The molecule has 11 nitrogen and oxygen atoms in total. The van der Waals surface area contributed by atoms with Crippen LogP contribution in [-0.4, -0.2) is 99.6 Å². The molecule has 0 spiro atoms. The third-order valence-electron chi connectivity index (χ3n) is 16.3. The lowest BCUT2D eigenvalue weighted by atomic mass is 9.99. The van der Waals surface area contributed by atoms with Gasteiger partial charge in [0.15, 0.2) is 12.4 Å². The van der Waals surface area contributed by atoms with Crippen LogP contribution < -0.4 is 5.32 Å². The Labute approximate surface area is 521 Å². The Balaban J connectivity index is 2.57. The third kappa shape index (κ3) is 48.4. The zero-order valence-corrected chi connectivity index (χ0v) is 54.7. The number of hydrogen-bond donors (Lipinski definition) is 6. The van der Waals surface area contributed by atoms with Crippen molar-refractivity contribution in [3.05, 3.63) is 85.1 Å². The van der Waals surface area contributed by atoms with Crippen LogP contribution >= 0.6 is 0 Å². The van der Waals surface area contributed by atoms with Gasteiger partial charge in [0.1, 0.15) is 24.4 Å². The van der Waals surface area contributed by atoms with Gasteiger partial charge < -0.3 is 45.1 Å². The summed E-state index contributed by atoms with van der Waals surface area (Å²) in [4.78, 5) is 26.7. The topological polar surface area (TPSA) is 175 Å². The number of nitrogens with one attached hydrogen (secondary N) is 1. The Morgan fingerprint density at radius 3 is 1.28 bits per heavy atom. The van der Waals surface area contributed by atoms with E-state index in [1.807, 2.05) is 6.08 Å². The van der Waals surface area contributed by atoms with Crippen LogP contribution in [0.25, 0.3) is 0 Å². The lowest BCUT2D eigenvalue weighted by Crippen LogP contribution is -2.61. The minimum absolute atomic E-state index is 0.108. The number of aliphatic hydroxyl groups is 5. The Hall–Kier alpha value is -3.16. The number of unbranched alkanes of at least 4 members (excludes halogenated alkanes) is 34. The van der Waals surface area contributed by atoms with Crippen LogP contribution in [0.1, 0.15) is 310 Å². The van der Waals surface area contributed by atoms with Crippen molar-refractivity contribution in [3.63, 3.8) is 0 Å². The molecule has 0 bridgehead atoms. The first-order valence-electron chi connectivity index (χ1n) is 35.4. The highest BCUT2D eigenvalue weighted by Crippen LogP contribution is 2.26. The highest BCUT2D eigenvalue weighted by Gasteiger charge is 2.47. The normalized spacial score (nSPS) is 18.9. The molecular weight excluding hydrogens is 1060 g/mol. The average Bonchev–Trinajstić information content (AvgIpc) is 2.90.